The van der Waals surface area contributed by atoms with Crippen molar-refractivity contribution < 1.29 is 14.3 Å². The van der Waals surface area contributed by atoms with E-state index in [1.165, 1.54) is 18.8 Å². The number of nitrogens with one attached hydrogen (secondary N) is 2. The number of anilines is 2. The Labute approximate surface area is 234 Å². The van der Waals surface area contributed by atoms with Crippen LogP contribution in [0, 0.1) is 5.92 Å². The minimum Gasteiger partial charge on any atom is -0.377 e. The topological polar surface area (TPSA) is 103 Å². The van der Waals surface area contributed by atoms with Crippen LogP contribution in [0.1, 0.15) is 42.1 Å². The number of hydrogen-bond donors (Lipinski definition) is 2. The lowest BCUT2D eigenvalue weighted by Gasteiger charge is -2.32. The van der Waals surface area contributed by atoms with Gasteiger partial charge in [0.1, 0.15) is 17.8 Å². The molecule has 5 rings (SSSR count). The Morgan fingerprint density at radius 3 is 2.70 bits per heavy atom. The van der Waals surface area contributed by atoms with Crippen molar-refractivity contribution in [2.24, 2.45) is 5.92 Å². The molecular formula is C31H36N6O3. The van der Waals surface area contributed by atoms with Gasteiger partial charge in [-0.1, -0.05) is 36.4 Å². The van der Waals surface area contributed by atoms with E-state index < -0.39 is 0 Å². The third-order valence-corrected chi connectivity index (χ3v) is 7.39. The summed E-state index contributed by atoms with van der Waals surface area (Å²) in [6, 6.07) is 19.8. The Kier molecular flexibility index (Phi) is 9.03. The van der Waals surface area contributed by atoms with E-state index in [1.54, 1.807) is 0 Å². The maximum absolute atomic E-state index is 13.5. The van der Waals surface area contributed by atoms with Gasteiger partial charge in [-0.15, -0.1) is 0 Å². The second-order valence-electron chi connectivity index (χ2n) is 10.2. The summed E-state index contributed by atoms with van der Waals surface area (Å²) in [5, 5.41) is 3.73. The van der Waals surface area contributed by atoms with Gasteiger partial charge in [0.2, 0.25) is 5.91 Å². The molecule has 9 heteroatoms. The fraction of sp³-hybridized carbons (Fsp3) is 0.355. The maximum atomic E-state index is 13.5. The van der Waals surface area contributed by atoms with Crippen molar-refractivity contribution in [1.82, 2.24) is 25.2 Å². The van der Waals surface area contributed by atoms with Crippen molar-refractivity contribution in [3.63, 3.8) is 0 Å². The first-order valence-corrected chi connectivity index (χ1v) is 13.9. The number of likely N-dealkylation sites (tertiary alicyclic amines) is 1. The predicted molar refractivity (Wildman–Crippen MR) is 155 cm³/mol. The number of fused-ring (bicyclic) bond motifs is 1. The molecule has 2 aromatic heterocycles. The zero-order valence-corrected chi connectivity index (χ0v) is 22.9. The van der Waals surface area contributed by atoms with E-state index in [4.69, 9.17) is 4.74 Å². The van der Waals surface area contributed by atoms with E-state index in [0.29, 0.717) is 31.2 Å². The van der Waals surface area contributed by atoms with Crippen LogP contribution in [0.15, 0.2) is 73.2 Å². The number of hydrogen-bond acceptors (Lipinski definition) is 6. The second kappa shape index (κ2) is 13.2. The van der Waals surface area contributed by atoms with Crippen LogP contribution >= 0.6 is 0 Å². The first kappa shape index (κ1) is 27.3. The van der Waals surface area contributed by atoms with Gasteiger partial charge in [-0.3, -0.25) is 9.59 Å². The Bertz CT molecular complexity index is 1410. The molecular weight excluding hydrogens is 504 g/mol. The quantitative estimate of drug-likeness (QED) is 0.268. The molecule has 0 aliphatic carbocycles. The molecule has 9 nitrogen and oxygen atoms in total. The molecule has 4 aromatic rings. The van der Waals surface area contributed by atoms with Crippen LogP contribution in [0.3, 0.4) is 0 Å². The van der Waals surface area contributed by atoms with Crippen LogP contribution in [-0.4, -0.2) is 64.5 Å². The SMILES string of the molecule is CC(=O)NCCN(c1cccc(C(=O)N2CCC(CCOCc3ccccc3)CC2)c1)c1ncnc2[nH]ccc12. The molecule has 208 valence electrons. The van der Waals surface area contributed by atoms with Crippen LogP contribution in [0.2, 0.25) is 0 Å². The zero-order valence-electron chi connectivity index (χ0n) is 22.9. The predicted octanol–water partition coefficient (Wildman–Crippen LogP) is 4.69. The Morgan fingerprint density at radius 1 is 1.07 bits per heavy atom. The summed E-state index contributed by atoms with van der Waals surface area (Å²) in [6.45, 7) is 5.29. The lowest BCUT2D eigenvalue weighted by molar-refractivity contribution is -0.118. The van der Waals surface area contributed by atoms with Crippen LogP contribution < -0.4 is 10.2 Å². The number of aromatic amines is 1. The fourth-order valence-electron chi connectivity index (χ4n) is 5.20. The summed E-state index contributed by atoms with van der Waals surface area (Å²) in [6.07, 6.45) is 6.32. The van der Waals surface area contributed by atoms with Gasteiger partial charge >= 0.3 is 0 Å². The van der Waals surface area contributed by atoms with Crippen molar-refractivity contribution in [1.29, 1.82) is 0 Å². The van der Waals surface area contributed by atoms with E-state index in [0.717, 1.165) is 61.5 Å². The van der Waals surface area contributed by atoms with Crippen LogP contribution in [0.25, 0.3) is 11.0 Å². The minimum absolute atomic E-state index is 0.0388. The van der Waals surface area contributed by atoms with Crippen molar-refractivity contribution >= 4 is 34.4 Å². The number of amides is 2. The molecule has 0 unspecified atom stereocenters. The molecule has 40 heavy (non-hydrogen) atoms. The van der Waals surface area contributed by atoms with E-state index in [1.807, 2.05) is 64.5 Å². The number of rotatable bonds is 11. The highest BCUT2D eigenvalue weighted by Crippen LogP contribution is 2.30. The molecule has 0 bridgehead atoms. The van der Waals surface area contributed by atoms with Gasteiger partial charge in [0.25, 0.3) is 5.91 Å². The monoisotopic (exact) mass is 540 g/mol. The maximum Gasteiger partial charge on any atom is 0.253 e. The highest BCUT2D eigenvalue weighted by atomic mass is 16.5. The molecule has 0 spiro atoms. The molecule has 2 N–H and O–H groups in total. The normalized spacial score (nSPS) is 13.9. The van der Waals surface area contributed by atoms with Gasteiger partial charge < -0.3 is 24.8 Å². The summed E-state index contributed by atoms with van der Waals surface area (Å²) in [5.41, 5.74) is 3.40. The van der Waals surface area contributed by atoms with Gasteiger partial charge in [0.15, 0.2) is 0 Å². The zero-order chi connectivity index (χ0) is 27.7. The number of piperidine rings is 1. The largest absolute Gasteiger partial charge is 0.377 e. The number of carbonyl (C=O) groups excluding carboxylic acids is 2. The van der Waals surface area contributed by atoms with E-state index >= 15 is 0 Å². The van der Waals surface area contributed by atoms with Gasteiger partial charge in [0, 0.05) is 57.2 Å². The summed E-state index contributed by atoms with van der Waals surface area (Å²) in [5.74, 6) is 1.23. The molecule has 1 aliphatic heterocycles. The van der Waals surface area contributed by atoms with Crippen molar-refractivity contribution in [2.75, 3.05) is 37.7 Å². The van der Waals surface area contributed by atoms with Crippen molar-refractivity contribution in [2.45, 2.75) is 32.8 Å². The Morgan fingerprint density at radius 2 is 1.90 bits per heavy atom. The highest BCUT2D eigenvalue weighted by Gasteiger charge is 2.24. The molecule has 0 atom stereocenters. The van der Waals surface area contributed by atoms with Gasteiger partial charge in [-0.05, 0) is 55.0 Å². The van der Waals surface area contributed by atoms with Gasteiger partial charge in [-0.2, -0.15) is 0 Å². The summed E-state index contributed by atoms with van der Waals surface area (Å²) in [7, 11) is 0. The van der Waals surface area contributed by atoms with Gasteiger partial charge in [0.05, 0.1) is 12.0 Å². The fourth-order valence-corrected chi connectivity index (χ4v) is 5.20. The second-order valence-corrected chi connectivity index (χ2v) is 10.2. The lowest BCUT2D eigenvalue weighted by Crippen LogP contribution is -2.38. The average Bonchev–Trinajstić information content (AvgIpc) is 3.48. The average molecular weight is 541 g/mol. The molecule has 2 aromatic carbocycles. The smallest absolute Gasteiger partial charge is 0.253 e. The third-order valence-electron chi connectivity index (χ3n) is 7.39. The standard InChI is InChI=1S/C31H36N6O3/c1-23(38)32-15-18-37(30-28-10-14-33-29(28)34-22-35-30)27-9-5-8-26(20-27)31(39)36-16-11-24(12-17-36)13-19-40-21-25-6-3-2-4-7-25/h2-10,14,20,22,24H,11-13,15-19,21H2,1H3,(H,32,38)(H,33,34,35). The van der Waals surface area contributed by atoms with Crippen LogP contribution in [0.5, 0.6) is 0 Å². The van der Waals surface area contributed by atoms with Crippen LogP contribution in [-0.2, 0) is 16.1 Å². The molecule has 0 radical (unpaired) electrons. The van der Waals surface area contributed by atoms with Crippen molar-refractivity contribution in [3.8, 4) is 0 Å². The summed E-state index contributed by atoms with van der Waals surface area (Å²) in [4.78, 5) is 41.0. The van der Waals surface area contributed by atoms with Gasteiger partial charge in [-0.25, -0.2) is 9.97 Å². The first-order valence-electron chi connectivity index (χ1n) is 13.9. The Balaban J connectivity index is 1.21. The molecule has 1 aliphatic rings. The number of nitrogens with zero attached hydrogens (tertiary/aromatic N) is 4. The van der Waals surface area contributed by atoms with Crippen molar-refractivity contribution in [3.05, 3.63) is 84.3 Å². The lowest BCUT2D eigenvalue weighted by atomic mass is 9.93. The number of carbonyl (C=O) groups is 2. The minimum atomic E-state index is -0.0930. The number of H-pyrrole nitrogens is 1. The van der Waals surface area contributed by atoms with E-state index in [-0.39, 0.29) is 11.8 Å². The molecule has 0 saturated carbocycles. The van der Waals surface area contributed by atoms with E-state index in [9.17, 15) is 9.59 Å². The third kappa shape index (κ3) is 6.84. The van der Waals surface area contributed by atoms with Crippen LogP contribution in [0.4, 0.5) is 11.5 Å². The Hall–Kier alpha value is -4.24. The molecule has 1 fully saturated rings. The highest BCUT2D eigenvalue weighted by molar-refractivity contribution is 5.96. The molecule has 2 amide bonds. The van der Waals surface area contributed by atoms with E-state index in [2.05, 4.69) is 32.4 Å². The summed E-state index contributed by atoms with van der Waals surface area (Å²) >= 11 is 0. The first-order chi connectivity index (χ1) is 19.6. The summed E-state index contributed by atoms with van der Waals surface area (Å²) < 4.78 is 5.88. The molecule has 3 heterocycles. The number of benzene rings is 2. The molecule has 1 saturated heterocycles. The number of ether oxygens (including phenoxy) is 1. The number of aromatic nitrogens is 3.